The van der Waals surface area contributed by atoms with Gasteiger partial charge in [0.25, 0.3) is 0 Å². The van der Waals surface area contributed by atoms with Gasteiger partial charge in [-0.15, -0.1) is 0 Å². The zero-order valence-electron chi connectivity index (χ0n) is 7.88. The summed E-state index contributed by atoms with van der Waals surface area (Å²) in [6, 6.07) is 15.9. The predicted molar refractivity (Wildman–Crippen MR) is 60.1 cm³/mol. The van der Waals surface area contributed by atoms with Gasteiger partial charge in [0, 0.05) is 11.1 Å². The normalized spacial score (nSPS) is 12.8. The molecule has 2 nitrogen and oxygen atoms in total. The molecule has 0 saturated carbocycles. The Morgan fingerprint density at radius 1 is 0.667 bits per heavy atom. The molecule has 0 bridgehead atoms. The Kier molecular flexibility index (Phi) is 2.08. The third-order valence-electron chi connectivity index (χ3n) is 2.34. The minimum atomic E-state index is 0.515. The van der Waals surface area contributed by atoms with Gasteiger partial charge in [0.1, 0.15) is 11.5 Å². The van der Waals surface area contributed by atoms with E-state index in [9.17, 15) is 0 Å². The van der Waals surface area contributed by atoms with Gasteiger partial charge in [-0.25, -0.2) is 0 Å². The third-order valence-corrected chi connectivity index (χ3v) is 2.88. The summed E-state index contributed by atoms with van der Waals surface area (Å²) in [6.07, 6.45) is 0. The summed E-state index contributed by atoms with van der Waals surface area (Å²) in [7, 11) is 0.515. The molecule has 0 fully saturated rings. The lowest BCUT2D eigenvalue weighted by Crippen LogP contribution is -1.80. The minimum absolute atomic E-state index is 0.515. The van der Waals surface area contributed by atoms with Crippen LogP contribution in [0.3, 0.4) is 0 Å². The Labute approximate surface area is 89.8 Å². The Morgan fingerprint density at radius 2 is 1.13 bits per heavy atom. The Hall–Kier alpha value is -1.53. The number of rotatable bonds is 0. The zero-order valence-corrected chi connectivity index (χ0v) is 8.78. The van der Waals surface area contributed by atoms with Gasteiger partial charge in [-0.05, 0) is 12.1 Å². The van der Waals surface area contributed by atoms with Gasteiger partial charge in [0.15, 0.2) is 0 Å². The number of hydrogen-bond donors (Lipinski definition) is 0. The van der Waals surface area contributed by atoms with Crippen molar-refractivity contribution >= 4 is 9.03 Å². The van der Waals surface area contributed by atoms with Crippen LogP contribution in [0, 0.1) is 0 Å². The average Bonchev–Trinajstić information content (AvgIpc) is 2.48. The molecule has 3 rings (SSSR count). The van der Waals surface area contributed by atoms with Crippen molar-refractivity contribution in [2.75, 3.05) is 0 Å². The number of fused-ring (bicyclic) bond motifs is 3. The molecular formula is C12H8O2P. The van der Waals surface area contributed by atoms with E-state index in [2.05, 4.69) is 0 Å². The summed E-state index contributed by atoms with van der Waals surface area (Å²) in [4.78, 5) is 0. The molecular weight excluding hydrogens is 207 g/mol. The SMILES string of the molecule is c1ccc2c(c1)O[P]Oc1ccccc1-2. The molecule has 3 heteroatoms. The molecule has 1 radical (unpaired) electrons. The predicted octanol–water partition coefficient (Wildman–Crippen LogP) is 3.90. The van der Waals surface area contributed by atoms with Gasteiger partial charge < -0.3 is 9.05 Å². The second kappa shape index (κ2) is 3.56. The van der Waals surface area contributed by atoms with Gasteiger partial charge in [-0.2, -0.15) is 0 Å². The Morgan fingerprint density at radius 3 is 1.67 bits per heavy atom. The van der Waals surface area contributed by atoms with Crippen LogP contribution in [0.5, 0.6) is 11.5 Å². The first-order valence-electron chi connectivity index (χ1n) is 4.68. The van der Waals surface area contributed by atoms with Crippen LogP contribution in [0.15, 0.2) is 48.5 Å². The molecule has 2 aromatic carbocycles. The molecule has 15 heavy (non-hydrogen) atoms. The third kappa shape index (κ3) is 1.47. The van der Waals surface area contributed by atoms with E-state index in [4.69, 9.17) is 9.05 Å². The number of benzene rings is 2. The van der Waals surface area contributed by atoms with Crippen molar-refractivity contribution in [1.82, 2.24) is 0 Å². The lowest BCUT2D eigenvalue weighted by molar-refractivity contribution is 0.526. The van der Waals surface area contributed by atoms with Crippen LogP contribution < -0.4 is 9.05 Å². The van der Waals surface area contributed by atoms with Gasteiger partial charge >= 0.3 is 9.03 Å². The molecule has 2 aromatic rings. The fraction of sp³-hybridized carbons (Fsp3) is 0. The Balaban J connectivity index is 2.27. The molecule has 0 unspecified atom stereocenters. The maximum Gasteiger partial charge on any atom is 0.405 e. The second-order valence-corrected chi connectivity index (χ2v) is 3.76. The molecule has 0 aromatic heterocycles. The standard InChI is InChI=1S/C12H8O2P/c1-3-7-11-9(5-1)10-6-2-4-8-12(10)14-15-13-11/h1-8H. The maximum absolute atomic E-state index is 5.48. The van der Waals surface area contributed by atoms with E-state index in [0.29, 0.717) is 9.03 Å². The average molecular weight is 215 g/mol. The van der Waals surface area contributed by atoms with E-state index in [0.717, 1.165) is 22.6 Å². The highest BCUT2D eigenvalue weighted by atomic mass is 31.1. The first-order valence-corrected chi connectivity index (χ1v) is 5.41. The van der Waals surface area contributed by atoms with Crippen molar-refractivity contribution in [1.29, 1.82) is 0 Å². The first-order chi connectivity index (χ1) is 7.45. The van der Waals surface area contributed by atoms with Crippen LogP contribution in [0.1, 0.15) is 0 Å². The molecule has 0 amide bonds. The summed E-state index contributed by atoms with van der Waals surface area (Å²) in [5.74, 6) is 1.73. The fourth-order valence-corrected chi connectivity index (χ4v) is 2.15. The van der Waals surface area contributed by atoms with Crippen molar-refractivity contribution in [2.24, 2.45) is 0 Å². The molecule has 0 N–H and O–H groups in total. The topological polar surface area (TPSA) is 18.5 Å². The molecule has 1 heterocycles. The summed E-state index contributed by atoms with van der Waals surface area (Å²) in [5, 5.41) is 0. The van der Waals surface area contributed by atoms with Gasteiger partial charge in [0.2, 0.25) is 0 Å². The van der Waals surface area contributed by atoms with Crippen molar-refractivity contribution in [3.8, 4) is 22.6 Å². The minimum Gasteiger partial charge on any atom is -0.430 e. The highest BCUT2D eigenvalue weighted by molar-refractivity contribution is 7.27. The van der Waals surface area contributed by atoms with Crippen LogP contribution in [-0.4, -0.2) is 0 Å². The van der Waals surface area contributed by atoms with Crippen LogP contribution in [-0.2, 0) is 0 Å². The van der Waals surface area contributed by atoms with E-state index in [1.165, 1.54) is 0 Å². The molecule has 0 saturated heterocycles. The maximum atomic E-state index is 5.48. The molecule has 73 valence electrons. The molecule has 0 atom stereocenters. The molecule has 0 aliphatic carbocycles. The van der Waals surface area contributed by atoms with Crippen molar-refractivity contribution in [3.05, 3.63) is 48.5 Å². The lowest BCUT2D eigenvalue weighted by atomic mass is 10.0. The Bertz CT molecular complexity index is 451. The number of para-hydroxylation sites is 2. The summed E-state index contributed by atoms with van der Waals surface area (Å²) in [5.41, 5.74) is 2.16. The van der Waals surface area contributed by atoms with Crippen LogP contribution in [0.25, 0.3) is 11.1 Å². The van der Waals surface area contributed by atoms with Crippen LogP contribution in [0.2, 0.25) is 0 Å². The fourth-order valence-electron chi connectivity index (χ4n) is 1.64. The van der Waals surface area contributed by atoms with Crippen molar-refractivity contribution < 1.29 is 9.05 Å². The van der Waals surface area contributed by atoms with Gasteiger partial charge in [0.05, 0.1) is 0 Å². The van der Waals surface area contributed by atoms with Crippen LogP contribution in [0.4, 0.5) is 0 Å². The quantitative estimate of drug-likeness (QED) is 0.620. The molecule has 1 aliphatic heterocycles. The molecule has 1 aliphatic rings. The van der Waals surface area contributed by atoms with Crippen LogP contribution >= 0.6 is 9.03 Å². The van der Waals surface area contributed by atoms with Gasteiger partial charge in [-0.3, -0.25) is 0 Å². The molecule has 0 spiro atoms. The van der Waals surface area contributed by atoms with E-state index < -0.39 is 0 Å². The highest BCUT2D eigenvalue weighted by Crippen LogP contribution is 2.43. The first kappa shape index (κ1) is 8.75. The lowest BCUT2D eigenvalue weighted by Gasteiger charge is -2.04. The largest absolute Gasteiger partial charge is 0.430 e. The monoisotopic (exact) mass is 215 g/mol. The summed E-state index contributed by atoms with van der Waals surface area (Å²) < 4.78 is 11.0. The van der Waals surface area contributed by atoms with E-state index in [1.54, 1.807) is 0 Å². The second-order valence-electron chi connectivity index (χ2n) is 3.25. The summed E-state index contributed by atoms with van der Waals surface area (Å²) >= 11 is 0. The highest BCUT2D eigenvalue weighted by Gasteiger charge is 2.15. The number of hydrogen-bond acceptors (Lipinski definition) is 2. The van der Waals surface area contributed by atoms with Crippen molar-refractivity contribution in [3.63, 3.8) is 0 Å². The zero-order chi connectivity index (χ0) is 10.1. The van der Waals surface area contributed by atoms with E-state index in [1.807, 2.05) is 48.5 Å². The summed E-state index contributed by atoms with van der Waals surface area (Å²) in [6.45, 7) is 0. The van der Waals surface area contributed by atoms with E-state index >= 15 is 0 Å². The van der Waals surface area contributed by atoms with Crippen molar-refractivity contribution in [2.45, 2.75) is 0 Å². The smallest absolute Gasteiger partial charge is 0.405 e. The van der Waals surface area contributed by atoms with E-state index in [-0.39, 0.29) is 0 Å². The van der Waals surface area contributed by atoms with Gasteiger partial charge in [-0.1, -0.05) is 36.4 Å².